The van der Waals surface area contributed by atoms with Crippen LogP contribution in [0.3, 0.4) is 0 Å². The summed E-state index contributed by atoms with van der Waals surface area (Å²) in [7, 11) is 0. The topological polar surface area (TPSA) is 55.1 Å². The van der Waals surface area contributed by atoms with E-state index in [2.05, 4.69) is 5.32 Å². The fraction of sp³-hybridized carbons (Fsp3) is 0.500. The van der Waals surface area contributed by atoms with Crippen molar-refractivity contribution in [3.05, 3.63) is 35.4 Å². The molecule has 0 spiro atoms. The first-order valence-electron chi connectivity index (χ1n) is 6.51. The highest BCUT2D eigenvalue weighted by Crippen LogP contribution is 2.23. The Bertz CT molecular complexity index is 465. The summed E-state index contributed by atoms with van der Waals surface area (Å²) >= 11 is 0. The lowest BCUT2D eigenvalue weighted by atomic mass is 10.1. The molecule has 104 valence electrons. The number of rotatable bonds is 4. The highest BCUT2D eigenvalue weighted by molar-refractivity contribution is 5.78. The summed E-state index contributed by atoms with van der Waals surface area (Å²) < 4.78 is 26.4. The molecule has 1 saturated carbocycles. The molecule has 0 heterocycles. The maximum absolute atomic E-state index is 13.4. The molecule has 0 radical (unpaired) electrons. The smallest absolute Gasteiger partial charge is 0.224 e. The van der Waals surface area contributed by atoms with Crippen molar-refractivity contribution >= 4 is 5.91 Å². The summed E-state index contributed by atoms with van der Waals surface area (Å²) in [6, 6.07) is 4.08. The molecule has 1 aliphatic rings. The number of hydrogen-bond donors (Lipinski definition) is 2. The molecule has 1 aromatic rings. The average molecular weight is 268 g/mol. The Kier molecular flexibility index (Phi) is 4.47. The van der Waals surface area contributed by atoms with Gasteiger partial charge < -0.3 is 11.1 Å². The number of hydrogen-bond acceptors (Lipinski definition) is 2. The summed E-state index contributed by atoms with van der Waals surface area (Å²) in [4.78, 5) is 11.7. The molecular formula is C14H18F2N2O. The van der Waals surface area contributed by atoms with E-state index < -0.39 is 11.6 Å². The Hall–Kier alpha value is -1.49. The minimum absolute atomic E-state index is 0.0839. The summed E-state index contributed by atoms with van der Waals surface area (Å²) in [5.74, 6) is -1.76. The van der Waals surface area contributed by atoms with E-state index in [-0.39, 0.29) is 23.9 Å². The summed E-state index contributed by atoms with van der Waals surface area (Å²) in [6.07, 6.45) is 2.77. The van der Waals surface area contributed by atoms with Crippen LogP contribution in [0, 0.1) is 17.6 Å². The Labute approximate surface area is 111 Å². The quantitative estimate of drug-likeness (QED) is 0.874. The second kappa shape index (κ2) is 6.10. The predicted molar refractivity (Wildman–Crippen MR) is 68.4 cm³/mol. The van der Waals surface area contributed by atoms with Crippen molar-refractivity contribution in [1.82, 2.24) is 5.32 Å². The molecule has 1 fully saturated rings. The third-order valence-electron chi connectivity index (χ3n) is 3.55. The lowest BCUT2D eigenvalue weighted by Gasteiger charge is -2.11. The van der Waals surface area contributed by atoms with Crippen molar-refractivity contribution in [3.63, 3.8) is 0 Å². The maximum atomic E-state index is 13.4. The van der Waals surface area contributed by atoms with Crippen molar-refractivity contribution < 1.29 is 13.6 Å². The molecule has 0 aliphatic heterocycles. The van der Waals surface area contributed by atoms with Crippen molar-refractivity contribution in [3.8, 4) is 0 Å². The van der Waals surface area contributed by atoms with Crippen LogP contribution in [0.1, 0.15) is 24.8 Å². The number of benzene rings is 1. The predicted octanol–water partition coefficient (Wildman–Crippen LogP) is 1.75. The van der Waals surface area contributed by atoms with Gasteiger partial charge in [0.1, 0.15) is 0 Å². The molecule has 0 saturated heterocycles. The molecule has 5 heteroatoms. The Morgan fingerprint density at radius 1 is 1.37 bits per heavy atom. The van der Waals surface area contributed by atoms with E-state index >= 15 is 0 Å². The average Bonchev–Trinajstić information content (AvgIpc) is 2.78. The lowest BCUT2D eigenvalue weighted by molar-refractivity contribution is -0.120. The van der Waals surface area contributed by atoms with E-state index in [1.807, 2.05) is 0 Å². The zero-order valence-electron chi connectivity index (χ0n) is 10.7. The van der Waals surface area contributed by atoms with Gasteiger partial charge in [0.25, 0.3) is 0 Å². The van der Waals surface area contributed by atoms with Crippen LogP contribution in [0.4, 0.5) is 8.78 Å². The fourth-order valence-electron chi connectivity index (χ4n) is 2.48. The van der Waals surface area contributed by atoms with E-state index in [0.717, 1.165) is 25.3 Å². The normalized spacial score (nSPS) is 22.5. The van der Waals surface area contributed by atoms with Crippen molar-refractivity contribution in [2.45, 2.75) is 31.7 Å². The van der Waals surface area contributed by atoms with Crippen LogP contribution in [0.5, 0.6) is 0 Å². The molecule has 1 aliphatic carbocycles. The Morgan fingerprint density at radius 2 is 2.16 bits per heavy atom. The standard InChI is InChI=1S/C14H18F2N2O/c15-12-3-1-2-10(14(12)16)7-13(19)18-8-9-4-5-11(17)6-9/h1-3,9,11H,4-8,17H2,(H,18,19). The largest absolute Gasteiger partial charge is 0.356 e. The van der Waals surface area contributed by atoms with Crippen LogP contribution < -0.4 is 11.1 Å². The molecule has 0 bridgehead atoms. The van der Waals surface area contributed by atoms with Crippen molar-refractivity contribution in [2.75, 3.05) is 6.54 Å². The van der Waals surface area contributed by atoms with E-state index in [4.69, 9.17) is 5.73 Å². The zero-order valence-corrected chi connectivity index (χ0v) is 10.7. The summed E-state index contributed by atoms with van der Waals surface area (Å²) in [5.41, 5.74) is 5.87. The fourth-order valence-corrected chi connectivity index (χ4v) is 2.48. The second-order valence-corrected chi connectivity index (χ2v) is 5.13. The first-order valence-corrected chi connectivity index (χ1v) is 6.51. The van der Waals surface area contributed by atoms with Crippen molar-refractivity contribution in [1.29, 1.82) is 0 Å². The first kappa shape index (κ1) is 13.9. The molecule has 0 aromatic heterocycles. The van der Waals surface area contributed by atoms with Gasteiger partial charge >= 0.3 is 0 Å². The zero-order chi connectivity index (χ0) is 13.8. The third-order valence-corrected chi connectivity index (χ3v) is 3.55. The van der Waals surface area contributed by atoms with E-state index in [1.165, 1.54) is 12.1 Å². The SMILES string of the molecule is NC1CCC(CNC(=O)Cc2cccc(F)c2F)C1. The monoisotopic (exact) mass is 268 g/mol. The van der Waals surface area contributed by atoms with E-state index in [1.54, 1.807) is 0 Å². The lowest BCUT2D eigenvalue weighted by Crippen LogP contribution is -2.30. The molecular weight excluding hydrogens is 250 g/mol. The number of carbonyl (C=O) groups is 1. The third kappa shape index (κ3) is 3.73. The number of amides is 1. The van der Waals surface area contributed by atoms with Gasteiger partial charge in [-0.15, -0.1) is 0 Å². The molecule has 1 amide bonds. The number of carbonyl (C=O) groups excluding carboxylic acids is 1. The van der Waals surface area contributed by atoms with Crippen LogP contribution in [0.25, 0.3) is 0 Å². The van der Waals surface area contributed by atoms with E-state index in [0.29, 0.717) is 12.5 Å². The molecule has 2 atom stereocenters. The molecule has 1 aromatic carbocycles. The van der Waals surface area contributed by atoms with Crippen molar-refractivity contribution in [2.24, 2.45) is 11.7 Å². The van der Waals surface area contributed by atoms with Gasteiger partial charge in [-0.3, -0.25) is 4.79 Å². The minimum atomic E-state index is -0.944. The highest BCUT2D eigenvalue weighted by atomic mass is 19.2. The van der Waals surface area contributed by atoms with Crippen LogP contribution in [-0.2, 0) is 11.2 Å². The van der Waals surface area contributed by atoms with Crippen LogP contribution in [0.2, 0.25) is 0 Å². The van der Waals surface area contributed by atoms with Gasteiger partial charge in [0.15, 0.2) is 11.6 Å². The van der Waals surface area contributed by atoms with Gasteiger partial charge in [-0.1, -0.05) is 12.1 Å². The highest BCUT2D eigenvalue weighted by Gasteiger charge is 2.22. The molecule has 3 nitrogen and oxygen atoms in total. The number of nitrogens with one attached hydrogen (secondary N) is 1. The van der Waals surface area contributed by atoms with Gasteiger partial charge in [-0.2, -0.15) is 0 Å². The molecule has 2 unspecified atom stereocenters. The summed E-state index contributed by atoms with van der Waals surface area (Å²) in [6.45, 7) is 0.559. The molecule has 19 heavy (non-hydrogen) atoms. The molecule has 2 rings (SSSR count). The van der Waals surface area contributed by atoms with Gasteiger partial charge in [-0.05, 0) is 31.2 Å². The van der Waals surface area contributed by atoms with Crippen LogP contribution >= 0.6 is 0 Å². The van der Waals surface area contributed by atoms with Gasteiger partial charge in [0, 0.05) is 18.2 Å². The van der Waals surface area contributed by atoms with Gasteiger partial charge in [-0.25, -0.2) is 8.78 Å². The van der Waals surface area contributed by atoms with Crippen LogP contribution in [0.15, 0.2) is 18.2 Å². The van der Waals surface area contributed by atoms with E-state index in [9.17, 15) is 13.6 Å². The Balaban J connectivity index is 1.82. The first-order chi connectivity index (χ1) is 9.06. The number of nitrogens with two attached hydrogens (primary N) is 1. The summed E-state index contributed by atoms with van der Waals surface area (Å²) in [5, 5.41) is 2.76. The van der Waals surface area contributed by atoms with Crippen LogP contribution in [-0.4, -0.2) is 18.5 Å². The number of halogens is 2. The van der Waals surface area contributed by atoms with Gasteiger partial charge in [0.2, 0.25) is 5.91 Å². The Morgan fingerprint density at radius 3 is 2.84 bits per heavy atom. The second-order valence-electron chi connectivity index (χ2n) is 5.13. The minimum Gasteiger partial charge on any atom is -0.356 e. The van der Waals surface area contributed by atoms with Gasteiger partial charge in [0.05, 0.1) is 6.42 Å². The molecule has 3 N–H and O–H groups in total. The maximum Gasteiger partial charge on any atom is 0.224 e.